The monoisotopic (exact) mass is 439 g/mol. The number of aromatic nitrogens is 1. The van der Waals surface area contributed by atoms with E-state index in [2.05, 4.69) is 48.0 Å². The lowest BCUT2D eigenvalue weighted by molar-refractivity contribution is -0.134. The molecule has 3 aromatic rings. The van der Waals surface area contributed by atoms with E-state index in [1.165, 1.54) is 0 Å². The maximum atomic E-state index is 13.3. The van der Waals surface area contributed by atoms with E-state index in [0.717, 1.165) is 22.4 Å². The molecule has 1 aromatic heterocycles. The van der Waals surface area contributed by atoms with Crippen LogP contribution in [0.2, 0.25) is 0 Å². The summed E-state index contributed by atoms with van der Waals surface area (Å²) >= 11 is 0. The largest absolute Gasteiger partial charge is 0.340 e. The molecule has 168 valence electrons. The van der Waals surface area contributed by atoms with E-state index in [1.807, 2.05) is 46.2 Å². The molecule has 1 aliphatic rings. The van der Waals surface area contributed by atoms with Gasteiger partial charge in [0.2, 0.25) is 11.8 Å². The lowest BCUT2D eigenvalue weighted by Gasteiger charge is -2.23. The quantitative estimate of drug-likeness (QED) is 0.523. The lowest BCUT2D eigenvalue weighted by atomic mass is 9.95. The summed E-state index contributed by atoms with van der Waals surface area (Å²) < 4.78 is 0. The van der Waals surface area contributed by atoms with E-state index in [4.69, 9.17) is 0 Å². The second-order valence-corrected chi connectivity index (χ2v) is 8.37. The molecule has 1 saturated heterocycles. The van der Waals surface area contributed by atoms with Crippen LogP contribution in [0.3, 0.4) is 0 Å². The Morgan fingerprint density at radius 3 is 2.39 bits per heavy atom. The van der Waals surface area contributed by atoms with Crippen molar-refractivity contribution in [3.63, 3.8) is 0 Å². The Labute approximate surface area is 195 Å². The Morgan fingerprint density at radius 1 is 0.970 bits per heavy atom. The summed E-state index contributed by atoms with van der Waals surface area (Å²) in [6.45, 7) is 5.74. The van der Waals surface area contributed by atoms with Crippen LogP contribution in [0.5, 0.6) is 0 Å². The van der Waals surface area contributed by atoms with E-state index >= 15 is 0 Å². The van der Waals surface area contributed by atoms with Gasteiger partial charge in [-0.3, -0.25) is 14.6 Å². The van der Waals surface area contributed by atoms with Gasteiger partial charge in [-0.05, 0) is 35.2 Å². The van der Waals surface area contributed by atoms with Gasteiger partial charge in [0.15, 0.2) is 0 Å². The predicted molar refractivity (Wildman–Crippen MR) is 130 cm³/mol. The molecular formula is C28H29N3O2. The smallest absolute Gasteiger partial charge is 0.228 e. The number of hydrogen-bond donors (Lipinski definition) is 0. The zero-order valence-corrected chi connectivity index (χ0v) is 18.8. The van der Waals surface area contributed by atoms with Crippen LogP contribution in [0.25, 0.3) is 11.1 Å². The summed E-state index contributed by atoms with van der Waals surface area (Å²) in [7, 11) is 0. The molecule has 1 fully saturated rings. The Morgan fingerprint density at radius 2 is 1.70 bits per heavy atom. The fourth-order valence-corrected chi connectivity index (χ4v) is 4.28. The molecule has 4 rings (SSSR count). The van der Waals surface area contributed by atoms with Crippen LogP contribution in [0.4, 0.5) is 0 Å². The van der Waals surface area contributed by atoms with Gasteiger partial charge < -0.3 is 9.80 Å². The Balaban J connectivity index is 1.50. The molecule has 2 aromatic carbocycles. The number of hydrogen-bond acceptors (Lipinski definition) is 3. The first-order valence-corrected chi connectivity index (χ1v) is 11.4. The van der Waals surface area contributed by atoms with E-state index in [9.17, 15) is 9.59 Å². The Kier molecular flexibility index (Phi) is 7.30. The predicted octanol–water partition coefficient (Wildman–Crippen LogP) is 4.01. The second-order valence-electron chi connectivity index (χ2n) is 8.37. The molecular weight excluding hydrogens is 410 g/mol. The van der Waals surface area contributed by atoms with Crippen molar-refractivity contribution in [3.8, 4) is 11.1 Å². The molecule has 0 spiro atoms. The summed E-state index contributed by atoms with van der Waals surface area (Å²) in [6.07, 6.45) is 4.28. The molecule has 1 atom stereocenters. The van der Waals surface area contributed by atoms with Crippen LogP contribution in [-0.2, 0) is 22.4 Å². The average molecular weight is 440 g/mol. The van der Waals surface area contributed by atoms with Crippen molar-refractivity contribution in [2.24, 2.45) is 5.92 Å². The van der Waals surface area contributed by atoms with Gasteiger partial charge >= 0.3 is 0 Å². The molecule has 0 saturated carbocycles. The van der Waals surface area contributed by atoms with E-state index < -0.39 is 0 Å². The molecule has 0 aliphatic carbocycles. The highest BCUT2D eigenvalue weighted by Gasteiger charge is 2.32. The van der Waals surface area contributed by atoms with Crippen LogP contribution in [-0.4, -0.2) is 52.8 Å². The van der Waals surface area contributed by atoms with E-state index in [1.54, 1.807) is 12.3 Å². The zero-order chi connectivity index (χ0) is 23.0. The minimum atomic E-state index is -0.289. The van der Waals surface area contributed by atoms with Gasteiger partial charge in [0.05, 0.1) is 12.3 Å². The first-order chi connectivity index (χ1) is 16.1. The average Bonchev–Trinajstić information content (AvgIpc) is 3.00. The van der Waals surface area contributed by atoms with Gasteiger partial charge in [-0.1, -0.05) is 66.7 Å². The molecule has 33 heavy (non-hydrogen) atoms. The molecule has 0 unspecified atom stereocenters. The number of carbonyl (C=O) groups excluding carboxylic acids is 2. The molecule has 5 nitrogen and oxygen atoms in total. The number of carbonyl (C=O) groups is 2. The van der Waals surface area contributed by atoms with Crippen molar-refractivity contribution in [2.45, 2.75) is 12.8 Å². The standard InChI is InChI=1S/C28H29N3O2/c1-2-16-30-17-18-31(27(32)20-26-10-6-7-15-29-26)21-25(28(30)33)19-22-11-13-24(14-12-22)23-8-4-3-5-9-23/h2-15,25H,1,16-21H2/t25-/m0/s1. The third-order valence-electron chi connectivity index (χ3n) is 6.05. The summed E-state index contributed by atoms with van der Waals surface area (Å²) in [5, 5.41) is 0. The van der Waals surface area contributed by atoms with Crippen molar-refractivity contribution >= 4 is 11.8 Å². The summed E-state index contributed by atoms with van der Waals surface area (Å²) in [4.78, 5) is 34.2. The van der Waals surface area contributed by atoms with Gasteiger partial charge in [0.25, 0.3) is 0 Å². The fraction of sp³-hybridized carbons (Fsp3) is 0.250. The first-order valence-electron chi connectivity index (χ1n) is 11.4. The highest BCUT2D eigenvalue weighted by molar-refractivity contribution is 5.83. The maximum Gasteiger partial charge on any atom is 0.228 e. The summed E-state index contributed by atoms with van der Waals surface area (Å²) in [5.41, 5.74) is 4.14. The van der Waals surface area contributed by atoms with Crippen LogP contribution in [0, 0.1) is 5.92 Å². The molecule has 0 radical (unpaired) electrons. The number of rotatable bonds is 7. The van der Waals surface area contributed by atoms with Gasteiger partial charge in [-0.2, -0.15) is 0 Å². The second kappa shape index (κ2) is 10.7. The third-order valence-corrected chi connectivity index (χ3v) is 6.05. The van der Waals surface area contributed by atoms with Gasteiger partial charge in [-0.25, -0.2) is 0 Å². The number of pyridine rings is 1. The van der Waals surface area contributed by atoms with Crippen LogP contribution < -0.4 is 0 Å². The summed E-state index contributed by atoms with van der Waals surface area (Å²) in [5.74, 6) is -0.204. The van der Waals surface area contributed by atoms with Crippen molar-refractivity contribution in [1.29, 1.82) is 0 Å². The number of nitrogens with zero attached hydrogens (tertiary/aromatic N) is 3. The highest BCUT2D eigenvalue weighted by Crippen LogP contribution is 2.22. The van der Waals surface area contributed by atoms with Crippen molar-refractivity contribution < 1.29 is 9.59 Å². The van der Waals surface area contributed by atoms with Gasteiger partial charge in [0, 0.05) is 38.1 Å². The van der Waals surface area contributed by atoms with Gasteiger partial charge in [-0.15, -0.1) is 6.58 Å². The van der Waals surface area contributed by atoms with Crippen LogP contribution in [0.1, 0.15) is 11.3 Å². The van der Waals surface area contributed by atoms with Crippen molar-refractivity contribution in [1.82, 2.24) is 14.8 Å². The summed E-state index contributed by atoms with van der Waals surface area (Å²) in [6, 6.07) is 24.2. The molecule has 5 heteroatoms. The van der Waals surface area contributed by atoms with E-state index in [-0.39, 0.29) is 24.2 Å². The number of benzene rings is 2. The van der Waals surface area contributed by atoms with Gasteiger partial charge in [0.1, 0.15) is 0 Å². The number of amides is 2. The van der Waals surface area contributed by atoms with Crippen LogP contribution >= 0.6 is 0 Å². The third kappa shape index (κ3) is 5.75. The lowest BCUT2D eigenvalue weighted by Crippen LogP contribution is -2.38. The molecule has 0 bridgehead atoms. The van der Waals surface area contributed by atoms with Crippen LogP contribution in [0.15, 0.2) is 91.6 Å². The molecule has 0 N–H and O–H groups in total. The van der Waals surface area contributed by atoms with Crippen molar-refractivity contribution in [2.75, 3.05) is 26.2 Å². The first kappa shape index (κ1) is 22.5. The SMILES string of the molecule is C=CCN1CCN(C(=O)Cc2ccccn2)C[C@H](Cc2ccc(-c3ccccc3)cc2)C1=O. The minimum Gasteiger partial charge on any atom is -0.340 e. The molecule has 2 amide bonds. The minimum absolute atomic E-state index is 0.00591. The Bertz CT molecular complexity index is 1080. The zero-order valence-electron chi connectivity index (χ0n) is 18.8. The fourth-order valence-electron chi connectivity index (χ4n) is 4.28. The molecule has 2 heterocycles. The van der Waals surface area contributed by atoms with E-state index in [0.29, 0.717) is 32.6 Å². The Hall–Kier alpha value is -3.73. The normalized spacial score (nSPS) is 16.4. The highest BCUT2D eigenvalue weighted by atomic mass is 16.2. The topological polar surface area (TPSA) is 53.5 Å². The molecule has 1 aliphatic heterocycles. The van der Waals surface area contributed by atoms with Crippen molar-refractivity contribution in [3.05, 3.63) is 103 Å². The maximum absolute atomic E-state index is 13.3.